The minimum absolute atomic E-state index is 0.0268. The Labute approximate surface area is 128 Å². The maximum atomic E-state index is 5.50. The molecular formula is C15H20N2O3S. The topological polar surface area (TPSA) is 52.6 Å². The first-order valence-electron chi connectivity index (χ1n) is 6.63. The second-order valence-electron chi connectivity index (χ2n) is 4.36. The minimum atomic E-state index is -0.0268. The van der Waals surface area contributed by atoms with Crippen molar-refractivity contribution >= 4 is 11.3 Å². The van der Waals surface area contributed by atoms with Gasteiger partial charge in [-0.15, -0.1) is 11.3 Å². The zero-order valence-electron chi connectivity index (χ0n) is 12.5. The van der Waals surface area contributed by atoms with Crippen LogP contribution in [0.1, 0.15) is 16.6 Å². The van der Waals surface area contributed by atoms with Crippen molar-refractivity contribution in [2.45, 2.75) is 6.04 Å². The van der Waals surface area contributed by atoms with Gasteiger partial charge in [-0.25, -0.2) is 4.98 Å². The van der Waals surface area contributed by atoms with E-state index in [2.05, 4.69) is 10.3 Å². The number of rotatable bonds is 8. The number of hydrogen-bond donors (Lipinski definition) is 1. The first-order valence-corrected chi connectivity index (χ1v) is 7.51. The molecule has 5 nitrogen and oxygen atoms in total. The summed E-state index contributed by atoms with van der Waals surface area (Å²) < 4.78 is 15.9. The summed E-state index contributed by atoms with van der Waals surface area (Å²) >= 11 is 1.61. The van der Waals surface area contributed by atoms with E-state index in [1.54, 1.807) is 38.9 Å². The van der Waals surface area contributed by atoms with Crippen LogP contribution in [-0.4, -0.2) is 39.5 Å². The van der Waals surface area contributed by atoms with Gasteiger partial charge in [0.25, 0.3) is 0 Å². The van der Waals surface area contributed by atoms with Crippen LogP contribution in [0.25, 0.3) is 0 Å². The van der Waals surface area contributed by atoms with Gasteiger partial charge in [0.15, 0.2) is 0 Å². The van der Waals surface area contributed by atoms with Crippen LogP contribution in [0.3, 0.4) is 0 Å². The number of hydrogen-bond acceptors (Lipinski definition) is 6. The number of aromatic nitrogens is 1. The lowest BCUT2D eigenvalue weighted by Gasteiger charge is -2.20. The molecule has 0 radical (unpaired) electrons. The number of benzene rings is 1. The molecule has 0 saturated carbocycles. The Balaban J connectivity index is 2.31. The summed E-state index contributed by atoms with van der Waals surface area (Å²) in [5.74, 6) is 1.55. The molecular weight excluding hydrogens is 288 g/mol. The summed E-state index contributed by atoms with van der Waals surface area (Å²) in [5, 5.41) is 6.42. The Morgan fingerprint density at radius 2 is 2.10 bits per heavy atom. The van der Waals surface area contributed by atoms with Crippen molar-refractivity contribution in [2.75, 3.05) is 34.5 Å². The predicted molar refractivity (Wildman–Crippen MR) is 83.4 cm³/mol. The molecule has 114 valence electrons. The summed E-state index contributed by atoms with van der Waals surface area (Å²) in [5.41, 5.74) is 1.03. The maximum absolute atomic E-state index is 5.50. The van der Waals surface area contributed by atoms with Gasteiger partial charge in [0, 0.05) is 36.9 Å². The van der Waals surface area contributed by atoms with Crippen LogP contribution in [0.2, 0.25) is 0 Å². The van der Waals surface area contributed by atoms with Gasteiger partial charge in [0.1, 0.15) is 16.5 Å². The Morgan fingerprint density at radius 3 is 2.71 bits per heavy atom. The second kappa shape index (κ2) is 7.97. The summed E-state index contributed by atoms with van der Waals surface area (Å²) in [7, 11) is 4.99. The van der Waals surface area contributed by atoms with E-state index in [0.29, 0.717) is 6.61 Å². The minimum Gasteiger partial charge on any atom is -0.497 e. The molecule has 1 aromatic heterocycles. The number of nitrogens with one attached hydrogen (secondary N) is 1. The fraction of sp³-hybridized carbons (Fsp3) is 0.400. The molecule has 0 amide bonds. The van der Waals surface area contributed by atoms with Crippen LogP contribution < -0.4 is 14.8 Å². The largest absolute Gasteiger partial charge is 0.497 e. The highest BCUT2D eigenvalue weighted by Crippen LogP contribution is 2.33. The Kier molecular flexibility index (Phi) is 5.98. The van der Waals surface area contributed by atoms with E-state index in [4.69, 9.17) is 14.2 Å². The first-order chi connectivity index (χ1) is 10.3. The van der Waals surface area contributed by atoms with Crippen LogP contribution in [0.4, 0.5) is 0 Å². The maximum Gasteiger partial charge on any atom is 0.127 e. The first kappa shape index (κ1) is 15.8. The van der Waals surface area contributed by atoms with Gasteiger partial charge in [0.2, 0.25) is 0 Å². The van der Waals surface area contributed by atoms with Crippen molar-refractivity contribution in [3.8, 4) is 11.5 Å². The van der Waals surface area contributed by atoms with Crippen molar-refractivity contribution in [3.63, 3.8) is 0 Å². The van der Waals surface area contributed by atoms with E-state index in [1.807, 2.05) is 23.6 Å². The van der Waals surface area contributed by atoms with E-state index in [0.717, 1.165) is 28.6 Å². The van der Waals surface area contributed by atoms with Crippen molar-refractivity contribution in [2.24, 2.45) is 0 Å². The molecule has 0 saturated heterocycles. The van der Waals surface area contributed by atoms with E-state index in [1.165, 1.54) is 0 Å². The van der Waals surface area contributed by atoms with E-state index >= 15 is 0 Å². The van der Waals surface area contributed by atoms with Gasteiger partial charge in [-0.3, -0.25) is 0 Å². The van der Waals surface area contributed by atoms with Gasteiger partial charge in [0.05, 0.1) is 26.9 Å². The third kappa shape index (κ3) is 3.93. The predicted octanol–water partition coefficient (Wildman–Crippen LogP) is 2.49. The number of methoxy groups -OCH3 is 3. The highest BCUT2D eigenvalue weighted by Gasteiger charge is 2.20. The van der Waals surface area contributed by atoms with Crippen LogP contribution in [0.5, 0.6) is 11.5 Å². The third-order valence-corrected chi connectivity index (χ3v) is 3.95. The molecule has 0 spiro atoms. The molecule has 1 N–H and O–H groups in total. The highest BCUT2D eigenvalue weighted by molar-refractivity contribution is 7.09. The molecule has 2 aromatic rings. The molecule has 0 aliphatic rings. The molecule has 0 fully saturated rings. The molecule has 0 bridgehead atoms. The zero-order valence-corrected chi connectivity index (χ0v) is 13.3. The molecule has 1 heterocycles. The van der Waals surface area contributed by atoms with Gasteiger partial charge in [-0.05, 0) is 12.1 Å². The molecule has 1 aromatic carbocycles. The molecule has 1 atom stereocenters. The van der Waals surface area contributed by atoms with Crippen LogP contribution in [0.15, 0.2) is 29.8 Å². The third-order valence-electron chi connectivity index (χ3n) is 3.10. The van der Waals surface area contributed by atoms with E-state index < -0.39 is 0 Å². The molecule has 0 aliphatic heterocycles. The SMILES string of the molecule is COCCNC(c1nccs1)c1ccc(OC)cc1OC. The molecule has 21 heavy (non-hydrogen) atoms. The lowest BCUT2D eigenvalue weighted by atomic mass is 10.1. The Bertz CT molecular complexity index is 546. The molecule has 1 unspecified atom stereocenters. The van der Waals surface area contributed by atoms with Crippen molar-refractivity contribution in [3.05, 3.63) is 40.3 Å². The van der Waals surface area contributed by atoms with Gasteiger partial charge < -0.3 is 19.5 Å². The fourth-order valence-electron chi connectivity index (χ4n) is 2.07. The second-order valence-corrected chi connectivity index (χ2v) is 5.28. The number of thiazole rings is 1. The average molecular weight is 308 g/mol. The monoisotopic (exact) mass is 308 g/mol. The quantitative estimate of drug-likeness (QED) is 0.759. The van der Waals surface area contributed by atoms with Gasteiger partial charge >= 0.3 is 0 Å². The van der Waals surface area contributed by atoms with Gasteiger partial charge in [-0.2, -0.15) is 0 Å². The molecule has 2 rings (SSSR count). The van der Waals surface area contributed by atoms with Crippen LogP contribution in [0, 0.1) is 0 Å². The van der Waals surface area contributed by atoms with Crippen molar-refractivity contribution in [1.82, 2.24) is 10.3 Å². The van der Waals surface area contributed by atoms with Crippen LogP contribution in [-0.2, 0) is 4.74 Å². The molecule has 6 heteroatoms. The average Bonchev–Trinajstić information content (AvgIpc) is 3.05. The Hall–Kier alpha value is -1.63. The summed E-state index contributed by atoms with van der Waals surface area (Å²) in [4.78, 5) is 4.42. The normalized spacial score (nSPS) is 12.1. The lowest BCUT2D eigenvalue weighted by Crippen LogP contribution is -2.26. The number of ether oxygens (including phenoxy) is 3. The summed E-state index contributed by atoms with van der Waals surface area (Å²) in [6.07, 6.45) is 1.81. The zero-order chi connectivity index (χ0) is 15.1. The highest BCUT2D eigenvalue weighted by atomic mass is 32.1. The fourth-order valence-corrected chi connectivity index (χ4v) is 2.80. The van der Waals surface area contributed by atoms with Gasteiger partial charge in [-0.1, -0.05) is 0 Å². The van der Waals surface area contributed by atoms with E-state index in [9.17, 15) is 0 Å². The Morgan fingerprint density at radius 1 is 1.24 bits per heavy atom. The standard InChI is InChI=1S/C15H20N2O3S/c1-18-8-6-16-14(15-17-7-9-21-15)12-5-4-11(19-2)10-13(12)20-3/h4-5,7,9-10,14,16H,6,8H2,1-3H3. The van der Waals surface area contributed by atoms with Crippen LogP contribution >= 0.6 is 11.3 Å². The number of nitrogens with zero attached hydrogens (tertiary/aromatic N) is 1. The van der Waals surface area contributed by atoms with Crippen molar-refractivity contribution < 1.29 is 14.2 Å². The summed E-state index contributed by atoms with van der Waals surface area (Å²) in [6, 6.07) is 5.79. The van der Waals surface area contributed by atoms with E-state index in [-0.39, 0.29) is 6.04 Å². The summed E-state index contributed by atoms with van der Waals surface area (Å²) in [6.45, 7) is 1.37. The van der Waals surface area contributed by atoms with Crippen molar-refractivity contribution in [1.29, 1.82) is 0 Å². The lowest BCUT2D eigenvalue weighted by molar-refractivity contribution is 0.197. The molecule has 0 aliphatic carbocycles. The smallest absolute Gasteiger partial charge is 0.127 e.